The lowest BCUT2D eigenvalue weighted by Crippen LogP contribution is -2.39. The average molecular weight is 309 g/mol. The molecule has 0 aliphatic carbocycles. The molecule has 0 fully saturated rings. The number of hydrogen-bond donors (Lipinski definition) is 2. The number of benzene rings is 1. The molecule has 0 heterocycles. The summed E-state index contributed by atoms with van der Waals surface area (Å²) in [4.78, 5) is 4.50. The monoisotopic (exact) mass is 309 g/mol. The summed E-state index contributed by atoms with van der Waals surface area (Å²) in [7, 11) is 0. The zero-order valence-electron chi connectivity index (χ0n) is 13.9. The van der Waals surface area contributed by atoms with Gasteiger partial charge in [-0.3, -0.25) is 0 Å². The number of guanidine groups is 1. The molecule has 124 valence electrons. The van der Waals surface area contributed by atoms with Gasteiger partial charge in [0.05, 0.1) is 13.2 Å². The molecule has 2 N–H and O–H groups in total. The summed E-state index contributed by atoms with van der Waals surface area (Å²) in [6.07, 6.45) is 2.24. The number of ether oxygens (including phenoxy) is 1. The second-order valence-corrected chi connectivity index (χ2v) is 5.17. The van der Waals surface area contributed by atoms with E-state index >= 15 is 0 Å². The van der Waals surface area contributed by atoms with Crippen LogP contribution in [0.25, 0.3) is 0 Å². The number of unbranched alkanes of at least 4 members (excludes halogenated alkanes) is 1. The van der Waals surface area contributed by atoms with E-state index in [4.69, 9.17) is 4.74 Å². The third-order valence-corrected chi connectivity index (χ3v) is 3.17. The van der Waals surface area contributed by atoms with Gasteiger partial charge in [0.15, 0.2) is 5.96 Å². The molecular weight excluding hydrogens is 281 g/mol. The third kappa shape index (κ3) is 7.41. The number of aliphatic imine (C=N–C) groups is 1. The molecule has 0 aliphatic heterocycles. The van der Waals surface area contributed by atoms with Crippen LogP contribution < -0.4 is 10.6 Å². The second-order valence-electron chi connectivity index (χ2n) is 5.17. The van der Waals surface area contributed by atoms with Gasteiger partial charge in [0, 0.05) is 19.7 Å². The Morgan fingerprint density at radius 1 is 1.23 bits per heavy atom. The number of hydrogen-bond acceptors (Lipinski definition) is 2. The number of nitrogens with zero attached hydrogens (tertiary/aromatic N) is 1. The van der Waals surface area contributed by atoms with Crippen LogP contribution in [0.15, 0.2) is 23.2 Å². The van der Waals surface area contributed by atoms with Crippen LogP contribution >= 0.6 is 0 Å². The molecule has 0 amide bonds. The van der Waals surface area contributed by atoms with Crippen molar-refractivity contribution in [1.29, 1.82) is 0 Å². The Morgan fingerprint density at radius 2 is 2.05 bits per heavy atom. The van der Waals surface area contributed by atoms with Crippen LogP contribution in [0.3, 0.4) is 0 Å². The molecule has 0 atom stereocenters. The van der Waals surface area contributed by atoms with E-state index in [0.29, 0.717) is 18.7 Å². The predicted molar refractivity (Wildman–Crippen MR) is 89.7 cm³/mol. The van der Waals surface area contributed by atoms with Crippen molar-refractivity contribution in [2.24, 2.45) is 4.99 Å². The molecule has 1 rings (SSSR count). The zero-order valence-corrected chi connectivity index (χ0v) is 13.9. The van der Waals surface area contributed by atoms with E-state index in [-0.39, 0.29) is 5.82 Å². The van der Waals surface area contributed by atoms with E-state index in [1.165, 1.54) is 6.07 Å². The lowest BCUT2D eigenvalue weighted by atomic mass is 10.1. The fourth-order valence-electron chi connectivity index (χ4n) is 1.91. The van der Waals surface area contributed by atoms with Crippen LogP contribution in [-0.4, -0.2) is 32.3 Å². The minimum absolute atomic E-state index is 0.179. The van der Waals surface area contributed by atoms with Crippen molar-refractivity contribution in [3.05, 3.63) is 35.1 Å². The van der Waals surface area contributed by atoms with Gasteiger partial charge in [0.1, 0.15) is 5.82 Å². The Balaban J connectivity index is 2.42. The maximum Gasteiger partial charge on any atom is 0.191 e. The predicted octanol–water partition coefficient (Wildman–Crippen LogP) is 3.01. The molecule has 0 bridgehead atoms. The van der Waals surface area contributed by atoms with Crippen LogP contribution in [0.5, 0.6) is 0 Å². The van der Waals surface area contributed by atoms with Gasteiger partial charge in [-0.25, -0.2) is 9.38 Å². The molecule has 1 aromatic carbocycles. The fraction of sp³-hybridized carbons (Fsp3) is 0.588. The standard InChI is InChI=1S/C17H28FN3O/c1-4-6-10-22-11-9-20-17(19-5-2)21-13-15-7-8-16(18)14(3)12-15/h7-8,12H,4-6,9-11,13H2,1-3H3,(H2,19,20,21). The highest BCUT2D eigenvalue weighted by molar-refractivity contribution is 5.79. The summed E-state index contributed by atoms with van der Waals surface area (Å²) >= 11 is 0. The van der Waals surface area contributed by atoms with E-state index in [1.807, 2.05) is 13.0 Å². The summed E-state index contributed by atoms with van der Waals surface area (Å²) in [6, 6.07) is 5.08. The molecule has 5 heteroatoms. The van der Waals surface area contributed by atoms with Crippen LogP contribution in [0.4, 0.5) is 4.39 Å². The lowest BCUT2D eigenvalue weighted by Gasteiger charge is -2.11. The Hall–Kier alpha value is -1.62. The maximum atomic E-state index is 13.2. The van der Waals surface area contributed by atoms with Crippen LogP contribution in [0.1, 0.15) is 37.8 Å². The van der Waals surface area contributed by atoms with Crippen molar-refractivity contribution >= 4 is 5.96 Å². The molecule has 0 unspecified atom stereocenters. The van der Waals surface area contributed by atoms with Crippen LogP contribution in [-0.2, 0) is 11.3 Å². The fourth-order valence-corrected chi connectivity index (χ4v) is 1.91. The van der Waals surface area contributed by atoms with Crippen molar-refractivity contribution in [3.63, 3.8) is 0 Å². The Morgan fingerprint density at radius 3 is 2.73 bits per heavy atom. The Labute approximate surface area is 133 Å². The highest BCUT2D eigenvalue weighted by Gasteiger charge is 2.00. The van der Waals surface area contributed by atoms with Gasteiger partial charge in [-0.15, -0.1) is 0 Å². The van der Waals surface area contributed by atoms with E-state index < -0.39 is 0 Å². The Kier molecular flexibility index (Phi) is 9.23. The molecule has 0 aromatic heterocycles. The van der Waals surface area contributed by atoms with Gasteiger partial charge in [-0.05, 0) is 37.5 Å². The third-order valence-electron chi connectivity index (χ3n) is 3.17. The highest BCUT2D eigenvalue weighted by atomic mass is 19.1. The first kappa shape index (κ1) is 18.4. The van der Waals surface area contributed by atoms with Crippen molar-refractivity contribution in [3.8, 4) is 0 Å². The van der Waals surface area contributed by atoms with Gasteiger partial charge in [0.2, 0.25) is 0 Å². The first-order chi connectivity index (χ1) is 10.7. The van der Waals surface area contributed by atoms with Crippen molar-refractivity contribution in [2.45, 2.75) is 40.2 Å². The minimum atomic E-state index is -0.179. The normalized spacial score (nSPS) is 11.5. The molecule has 1 aromatic rings. The number of nitrogens with one attached hydrogen (secondary N) is 2. The summed E-state index contributed by atoms with van der Waals surface area (Å²) in [5.41, 5.74) is 1.64. The van der Waals surface area contributed by atoms with E-state index in [1.54, 1.807) is 13.0 Å². The smallest absolute Gasteiger partial charge is 0.191 e. The van der Waals surface area contributed by atoms with Gasteiger partial charge in [-0.2, -0.15) is 0 Å². The first-order valence-electron chi connectivity index (χ1n) is 8.02. The topological polar surface area (TPSA) is 45.6 Å². The van der Waals surface area contributed by atoms with Crippen molar-refractivity contribution in [2.75, 3.05) is 26.3 Å². The van der Waals surface area contributed by atoms with E-state index in [0.717, 1.165) is 44.1 Å². The van der Waals surface area contributed by atoms with Crippen molar-refractivity contribution < 1.29 is 9.13 Å². The molecule has 22 heavy (non-hydrogen) atoms. The zero-order chi connectivity index (χ0) is 16.2. The SMILES string of the molecule is CCCCOCCNC(=NCc1ccc(F)c(C)c1)NCC. The van der Waals surface area contributed by atoms with E-state index in [9.17, 15) is 4.39 Å². The van der Waals surface area contributed by atoms with Crippen LogP contribution in [0, 0.1) is 12.7 Å². The van der Waals surface area contributed by atoms with Crippen molar-refractivity contribution in [1.82, 2.24) is 10.6 Å². The van der Waals surface area contributed by atoms with Gasteiger partial charge in [0.25, 0.3) is 0 Å². The largest absolute Gasteiger partial charge is 0.380 e. The summed E-state index contributed by atoms with van der Waals surface area (Å²) < 4.78 is 18.7. The lowest BCUT2D eigenvalue weighted by molar-refractivity contribution is 0.136. The maximum absolute atomic E-state index is 13.2. The summed E-state index contributed by atoms with van der Waals surface area (Å²) in [5, 5.41) is 6.42. The Bertz CT molecular complexity index is 463. The number of rotatable bonds is 9. The molecule has 0 saturated heterocycles. The minimum Gasteiger partial charge on any atom is -0.380 e. The van der Waals surface area contributed by atoms with Gasteiger partial charge < -0.3 is 15.4 Å². The highest BCUT2D eigenvalue weighted by Crippen LogP contribution is 2.09. The second kappa shape index (κ2) is 11.0. The number of aryl methyl sites for hydroxylation is 1. The van der Waals surface area contributed by atoms with Crippen LogP contribution in [0.2, 0.25) is 0 Å². The summed E-state index contributed by atoms with van der Waals surface area (Å²) in [6.45, 7) is 9.45. The van der Waals surface area contributed by atoms with E-state index in [2.05, 4.69) is 22.5 Å². The average Bonchev–Trinajstić information content (AvgIpc) is 2.51. The molecule has 0 saturated carbocycles. The molecule has 0 radical (unpaired) electrons. The molecule has 0 aliphatic rings. The summed E-state index contributed by atoms with van der Waals surface area (Å²) in [5.74, 6) is 0.575. The quantitative estimate of drug-likeness (QED) is 0.419. The number of halogens is 1. The molecular formula is C17H28FN3O. The molecule has 4 nitrogen and oxygen atoms in total. The van der Waals surface area contributed by atoms with Gasteiger partial charge >= 0.3 is 0 Å². The first-order valence-corrected chi connectivity index (χ1v) is 8.02. The molecule has 0 spiro atoms. The van der Waals surface area contributed by atoms with Gasteiger partial charge in [-0.1, -0.05) is 25.5 Å².